The summed E-state index contributed by atoms with van der Waals surface area (Å²) in [6, 6.07) is 9.11. The summed E-state index contributed by atoms with van der Waals surface area (Å²) in [5, 5.41) is 8.82. The molecule has 0 saturated heterocycles. The van der Waals surface area contributed by atoms with Crippen LogP contribution in [0.3, 0.4) is 0 Å². The van der Waals surface area contributed by atoms with E-state index in [9.17, 15) is 9.59 Å². The molecule has 6 nitrogen and oxygen atoms in total. The van der Waals surface area contributed by atoms with Gasteiger partial charge in [-0.15, -0.1) is 0 Å². The molecule has 1 amide bonds. The van der Waals surface area contributed by atoms with Gasteiger partial charge in [-0.2, -0.15) is 5.26 Å². The number of esters is 1. The van der Waals surface area contributed by atoms with E-state index in [1.807, 2.05) is 13.0 Å². The van der Waals surface area contributed by atoms with E-state index in [2.05, 4.69) is 6.07 Å². The van der Waals surface area contributed by atoms with Gasteiger partial charge in [0.05, 0.1) is 25.5 Å². The summed E-state index contributed by atoms with van der Waals surface area (Å²) in [6.07, 6.45) is 0.940. The number of hydrogen-bond donors (Lipinski definition) is 0. The molecule has 6 heteroatoms. The van der Waals surface area contributed by atoms with E-state index in [0.717, 1.165) is 5.56 Å². The Hall–Kier alpha value is -2.39. The Morgan fingerprint density at radius 1 is 1.36 bits per heavy atom. The quantitative estimate of drug-likeness (QED) is 0.480. The molecule has 25 heavy (non-hydrogen) atoms. The van der Waals surface area contributed by atoms with Crippen molar-refractivity contribution >= 4 is 11.9 Å². The zero-order chi connectivity index (χ0) is 18.7. The predicted molar refractivity (Wildman–Crippen MR) is 94.0 cm³/mol. The fourth-order valence-electron chi connectivity index (χ4n) is 2.47. The minimum absolute atomic E-state index is 0.160. The van der Waals surface area contributed by atoms with Crippen LogP contribution in [0.4, 0.5) is 0 Å². The van der Waals surface area contributed by atoms with Crippen molar-refractivity contribution in [3.05, 3.63) is 35.4 Å². The second kappa shape index (κ2) is 11.2. The molecule has 0 unspecified atom stereocenters. The van der Waals surface area contributed by atoms with Crippen molar-refractivity contribution in [3.63, 3.8) is 0 Å². The first kappa shape index (κ1) is 20.7. The van der Waals surface area contributed by atoms with Crippen molar-refractivity contribution in [2.75, 3.05) is 33.4 Å². The van der Waals surface area contributed by atoms with Crippen LogP contribution < -0.4 is 0 Å². The van der Waals surface area contributed by atoms with E-state index >= 15 is 0 Å². The largest absolute Gasteiger partial charge is 0.469 e. The molecule has 0 saturated carbocycles. The first-order valence-electron chi connectivity index (χ1n) is 8.44. The molecule has 0 aliphatic heterocycles. The molecule has 0 radical (unpaired) electrons. The Morgan fingerprint density at radius 3 is 2.76 bits per heavy atom. The summed E-state index contributed by atoms with van der Waals surface area (Å²) >= 11 is 0. The number of rotatable bonds is 10. The SMILES string of the molecule is CCOCCCN(C[C@H](C)C(=O)OC)C(=O)c1cccc(CC#N)c1. The van der Waals surface area contributed by atoms with Crippen LogP contribution in [0, 0.1) is 17.2 Å². The normalized spacial score (nSPS) is 11.4. The molecule has 0 aliphatic rings. The number of benzene rings is 1. The number of nitrogens with zero attached hydrogens (tertiary/aromatic N) is 2. The average molecular weight is 346 g/mol. The zero-order valence-electron chi connectivity index (χ0n) is 15.2. The maximum Gasteiger partial charge on any atom is 0.310 e. The van der Waals surface area contributed by atoms with E-state index in [1.165, 1.54) is 7.11 Å². The highest BCUT2D eigenvalue weighted by Gasteiger charge is 2.22. The number of ether oxygens (including phenoxy) is 2. The minimum atomic E-state index is -0.414. The number of methoxy groups -OCH3 is 1. The van der Waals surface area contributed by atoms with E-state index < -0.39 is 5.92 Å². The third-order valence-corrected chi connectivity index (χ3v) is 3.76. The second-order valence-electron chi connectivity index (χ2n) is 5.76. The van der Waals surface area contributed by atoms with Gasteiger partial charge in [0.2, 0.25) is 0 Å². The van der Waals surface area contributed by atoms with Crippen molar-refractivity contribution in [2.45, 2.75) is 26.7 Å². The van der Waals surface area contributed by atoms with Gasteiger partial charge in [-0.25, -0.2) is 0 Å². The fraction of sp³-hybridized carbons (Fsp3) is 0.526. The summed E-state index contributed by atoms with van der Waals surface area (Å²) in [4.78, 5) is 26.2. The second-order valence-corrected chi connectivity index (χ2v) is 5.76. The van der Waals surface area contributed by atoms with E-state index in [4.69, 9.17) is 14.7 Å². The van der Waals surface area contributed by atoms with Crippen molar-refractivity contribution < 1.29 is 19.1 Å². The zero-order valence-corrected chi connectivity index (χ0v) is 15.2. The van der Waals surface area contributed by atoms with Crippen molar-refractivity contribution in [3.8, 4) is 6.07 Å². The molecule has 0 spiro atoms. The van der Waals surface area contributed by atoms with Crippen molar-refractivity contribution in [2.24, 2.45) is 5.92 Å². The average Bonchev–Trinajstić information content (AvgIpc) is 2.63. The molecule has 136 valence electrons. The third kappa shape index (κ3) is 6.94. The van der Waals surface area contributed by atoms with Gasteiger partial charge in [0.1, 0.15) is 0 Å². The van der Waals surface area contributed by atoms with Crippen LogP contribution in [0.1, 0.15) is 36.2 Å². The van der Waals surface area contributed by atoms with Crippen LogP contribution in [-0.2, 0) is 20.7 Å². The maximum absolute atomic E-state index is 12.9. The number of carbonyl (C=O) groups is 2. The minimum Gasteiger partial charge on any atom is -0.469 e. The molecule has 1 rings (SSSR count). The van der Waals surface area contributed by atoms with Gasteiger partial charge in [0, 0.05) is 31.9 Å². The van der Waals surface area contributed by atoms with Gasteiger partial charge in [-0.1, -0.05) is 19.1 Å². The summed E-state index contributed by atoms with van der Waals surface area (Å²) < 4.78 is 10.1. The van der Waals surface area contributed by atoms with Gasteiger partial charge in [-0.3, -0.25) is 9.59 Å². The highest BCUT2D eigenvalue weighted by molar-refractivity contribution is 5.94. The number of carbonyl (C=O) groups excluding carboxylic acids is 2. The Morgan fingerprint density at radius 2 is 2.12 bits per heavy atom. The number of amides is 1. The van der Waals surface area contributed by atoms with Crippen LogP contribution >= 0.6 is 0 Å². The van der Waals surface area contributed by atoms with E-state index in [-0.39, 0.29) is 24.8 Å². The van der Waals surface area contributed by atoms with Gasteiger partial charge >= 0.3 is 5.97 Å². The van der Waals surface area contributed by atoms with E-state index in [1.54, 1.807) is 30.0 Å². The number of nitriles is 1. The Kier molecular flexibility index (Phi) is 9.26. The Bertz CT molecular complexity index is 610. The molecular formula is C19H26N2O4. The lowest BCUT2D eigenvalue weighted by Crippen LogP contribution is -2.38. The Balaban J connectivity index is 2.88. The third-order valence-electron chi connectivity index (χ3n) is 3.76. The summed E-state index contributed by atoms with van der Waals surface area (Å²) in [5.74, 6) is -0.920. The molecular weight excluding hydrogens is 320 g/mol. The van der Waals surface area contributed by atoms with Crippen molar-refractivity contribution in [1.82, 2.24) is 4.90 Å². The van der Waals surface area contributed by atoms with Gasteiger partial charge in [-0.05, 0) is 31.0 Å². The lowest BCUT2D eigenvalue weighted by Gasteiger charge is -2.25. The van der Waals surface area contributed by atoms with E-state index in [0.29, 0.717) is 31.7 Å². The van der Waals surface area contributed by atoms with Crippen LogP contribution in [-0.4, -0.2) is 50.2 Å². The van der Waals surface area contributed by atoms with Gasteiger partial charge < -0.3 is 14.4 Å². The topological polar surface area (TPSA) is 79.6 Å². The molecule has 0 aliphatic carbocycles. The molecule has 1 aromatic carbocycles. The van der Waals surface area contributed by atoms with Crippen LogP contribution in [0.2, 0.25) is 0 Å². The fourth-order valence-corrected chi connectivity index (χ4v) is 2.47. The molecule has 0 aromatic heterocycles. The Labute approximate surface area is 149 Å². The van der Waals surface area contributed by atoms with Gasteiger partial charge in [0.15, 0.2) is 0 Å². The lowest BCUT2D eigenvalue weighted by atomic mass is 10.1. The monoisotopic (exact) mass is 346 g/mol. The highest BCUT2D eigenvalue weighted by atomic mass is 16.5. The summed E-state index contributed by atoms with van der Waals surface area (Å²) in [5.41, 5.74) is 1.31. The van der Waals surface area contributed by atoms with Crippen LogP contribution in [0.15, 0.2) is 24.3 Å². The first-order valence-corrected chi connectivity index (χ1v) is 8.44. The smallest absolute Gasteiger partial charge is 0.310 e. The molecule has 1 atom stereocenters. The van der Waals surface area contributed by atoms with Crippen molar-refractivity contribution in [1.29, 1.82) is 5.26 Å². The molecule has 1 aromatic rings. The molecule has 0 bridgehead atoms. The molecule has 0 N–H and O–H groups in total. The number of hydrogen-bond acceptors (Lipinski definition) is 5. The van der Waals surface area contributed by atoms with Crippen LogP contribution in [0.5, 0.6) is 0 Å². The maximum atomic E-state index is 12.9. The standard InChI is InChI=1S/C19H26N2O4/c1-4-25-12-6-11-21(14-15(2)19(23)24-3)18(22)17-8-5-7-16(13-17)9-10-20/h5,7-8,13,15H,4,6,9,11-12,14H2,1-3H3/t15-/m0/s1. The summed E-state index contributed by atoms with van der Waals surface area (Å²) in [6.45, 7) is 5.61. The molecule has 0 fully saturated rings. The highest BCUT2D eigenvalue weighted by Crippen LogP contribution is 2.12. The predicted octanol–water partition coefficient (Wildman–Crippen LogP) is 2.43. The summed E-state index contributed by atoms with van der Waals surface area (Å²) in [7, 11) is 1.34. The molecule has 0 heterocycles. The van der Waals surface area contributed by atoms with Gasteiger partial charge in [0.25, 0.3) is 5.91 Å². The van der Waals surface area contributed by atoms with Crippen LogP contribution in [0.25, 0.3) is 0 Å². The lowest BCUT2D eigenvalue weighted by molar-refractivity contribution is -0.145. The first-order chi connectivity index (χ1) is 12.0.